The second-order valence-corrected chi connectivity index (χ2v) is 13.9. The van der Waals surface area contributed by atoms with E-state index in [9.17, 15) is 0 Å². The lowest BCUT2D eigenvalue weighted by atomic mass is 9.84. The van der Waals surface area contributed by atoms with E-state index >= 15 is 0 Å². The van der Waals surface area contributed by atoms with Crippen molar-refractivity contribution in [1.82, 2.24) is 0 Å². The Kier molecular flexibility index (Phi) is 5.77. The Labute approximate surface area is 302 Å². The van der Waals surface area contributed by atoms with Crippen molar-refractivity contribution in [2.75, 3.05) is 0 Å². The minimum Gasteiger partial charge on any atom is -0.463 e. The van der Waals surface area contributed by atoms with E-state index in [4.69, 9.17) is 13.3 Å². The lowest BCUT2D eigenvalue weighted by Crippen LogP contribution is -1.92. The summed E-state index contributed by atoms with van der Waals surface area (Å²) in [7, 11) is 0. The van der Waals surface area contributed by atoms with Crippen molar-refractivity contribution in [3.63, 3.8) is 0 Å². The van der Waals surface area contributed by atoms with Gasteiger partial charge in [-0.25, -0.2) is 0 Å². The number of para-hydroxylation sites is 3. The van der Waals surface area contributed by atoms with Crippen molar-refractivity contribution < 1.29 is 13.3 Å². The predicted octanol–water partition coefficient (Wildman–Crippen LogP) is 14.7. The second kappa shape index (κ2) is 10.7. The molecule has 3 aromatic heterocycles. The number of fused-ring (bicyclic) bond motifs is 11. The van der Waals surface area contributed by atoms with Crippen LogP contribution in [0.2, 0.25) is 0 Å². The van der Waals surface area contributed by atoms with E-state index in [1.54, 1.807) is 0 Å². The van der Waals surface area contributed by atoms with Gasteiger partial charge in [-0.3, -0.25) is 0 Å². The first-order chi connectivity index (χ1) is 26.3. The molecule has 0 aliphatic rings. The number of furan rings is 3. The summed E-state index contributed by atoms with van der Waals surface area (Å²) < 4.78 is 20.2. The highest BCUT2D eigenvalue weighted by atomic mass is 16.3. The summed E-state index contributed by atoms with van der Waals surface area (Å²) in [6.07, 6.45) is 1.94. The molecule has 0 saturated carbocycles. The van der Waals surface area contributed by atoms with Crippen molar-refractivity contribution in [1.29, 1.82) is 0 Å². The molecule has 246 valence electrons. The summed E-state index contributed by atoms with van der Waals surface area (Å²) in [5.41, 5.74) is 10.8. The molecule has 0 aliphatic heterocycles. The molecule has 3 nitrogen and oxygen atoms in total. The Balaban J connectivity index is 1.24. The van der Waals surface area contributed by atoms with Gasteiger partial charge in [0.25, 0.3) is 0 Å². The maximum absolute atomic E-state index is 6.81. The van der Waals surface area contributed by atoms with Crippen molar-refractivity contribution >= 4 is 87.2 Å². The van der Waals surface area contributed by atoms with Crippen molar-refractivity contribution in [3.05, 3.63) is 170 Å². The minimum atomic E-state index is 0.834. The van der Waals surface area contributed by atoms with Crippen LogP contribution < -0.4 is 0 Å². The predicted molar refractivity (Wildman–Crippen MR) is 220 cm³/mol. The quantitative estimate of drug-likeness (QED) is 0.175. The summed E-state index contributed by atoms with van der Waals surface area (Å²) in [5.74, 6) is 0. The molecule has 9 aromatic carbocycles. The zero-order valence-electron chi connectivity index (χ0n) is 28.4. The number of benzene rings is 9. The van der Waals surface area contributed by atoms with Crippen LogP contribution in [-0.2, 0) is 0 Å². The highest BCUT2D eigenvalue weighted by molar-refractivity contribution is 6.30. The topological polar surface area (TPSA) is 39.4 Å². The number of rotatable bonds is 3. The van der Waals surface area contributed by atoms with Gasteiger partial charge in [-0.05, 0) is 56.1 Å². The van der Waals surface area contributed by atoms with Crippen molar-refractivity contribution in [2.24, 2.45) is 0 Å². The third-order valence-electron chi connectivity index (χ3n) is 11.1. The van der Waals surface area contributed by atoms with E-state index in [-0.39, 0.29) is 0 Å². The molecule has 0 saturated heterocycles. The molecule has 3 heterocycles. The molecule has 0 unspecified atom stereocenters. The Hall–Kier alpha value is -7.10. The highest BCUT2D eigenvalue weighted by Gasteiger charge is 2.26. The molecule has 0 radical (unpaired) electrons. The van der Waals surface area contributed by atoms with Crippen LogP contribution in [0, 0.1) is 0 Å². The number of hydrogen-bond acceptors (Lipinski definition) is 3. The molecule has 0 aliphatic carbocycles. The standard InChI is InChI=1S/C50H28O3/c1-2-15-30-29(13-1)14-11-22-31(30)41-28-51-50-40(27-44-47(48(41)50)38-21-8-10-26-43(38)52-44)46-35-19-5-3-17-33(35)45(34-18-4-6-20-36(34)46)39-24-12-23-37-32-16-7-9-25-42(32)53-49(37)39/h1-28H. The fraction of sp³-hybridized carbons (Fsp3) is 0. The zero-order chi connectivity index (χ0) is 34.6. The average Bonchev–Trinajstić information content (AvgIpc) is 3.93. The van der Waals surface area contributed by atoms with Gasteiger partial charge >= 0.3 is 0 Å². The number of hydrogen-bond donors (Lipinski definition) is 0. The maximum atomic E-state index is 6.81. The fourth-order valence-electron chi connectivity index (χ4n) is 8.92. The van der Waals surface area contributed by atoms with Crippen LogP contribution in [-0.4, -0.2) is 0 Å². The van der Waals surface area contributed by atoms with E-state index in [1.165, 1.54) is 10.8 Å². The van der Waals surface area contributed by atoms with E-state index in [0.717, 1.165) is 110 Å². The first kappa shape index (κ1) is 28.6. The molecule has 0 N–H and O–H groups in total. The third-order valence-corrected chi connectivity index (χ3v) is 11.1. The molecular weight excluding hydrogens is 649 g/mol. The van der Waals surface area contributed by atoms with Gasteiger partial charge in [0, 0.05) is 54.7 Å². The normalized spacial score (nSPS) is 12.2. The monoisotopic (exact) mass is 676 g/mol. The molecule has 0 atom stereocenters. The van der Waals surface area contributed by atoms with Crippen molar-refractivity contribution in [3.8, 4) is 33.4 Å². The fourth-order valence-corrected chi connectivity index (χ4v) is 8.92. The van der Waals surface area contributed by atoms with Crippen LogP contribution in [0.4, 0.5) is 0 Å². The largest absolute Gasteiger partial charge is 0.463 e. The molecule has 12 aromatic rings. The van der Waals surface area contributed by atoms with Gasteiger partial charge in [-0.15, -0.1) is 0 Å². The van der Waals surface area contributed by atoms with Gasteiger partial charge in [0.1, 0.15) is 27.9 Å². The molecule has 0 fully saturated rings. The Morgan fingerprint density at radius 1 is 0.302 bits per heavy atom. The molecule has 0 bridgehead atoms. The van der Waals surface area contributed by atoms with E-state index < -0.39 is 0 Å². The van der Waals surface area contributed by atoms with E-state index in [1.807, 2.05) is 24.5 Å². The SMILES string of the molecule is c1ccc2c(-c3coc4c(-c5c6ccccc6c(-c6cccc7c6oc6ccccc67)c6ccccc56)cc5oc6ccccc6c5c34)cccc2c1. The summed E-state index contributed by atoms with van der Waals surface area (Å²) >= 11 is 0. The molecule has 53 heavy (non-hydrogen) atoms. The van der Waals surface area contributed by atoms with Gasteiger partial charge in [0.05, 0.1) is 6.26 Å². The average molecular weight is 677 g/mol. The van der Waals surface area contributed by atoms with Crippen LogP contribution in [0.5, 0.6) is 0 Å². The van der Waals surface area contributed by atoms with Crippen molar-refractivity contribution in [2.45, 2.75) is 0 Å². The summed E-state index contributed by atoms with van der Waals surface area (Å²) in [5, 5.41) is 12.4. The van der Waals surface area contributed by atoms with Gasteiger partial charge in [-0.2, -0.15) is 0 Å². The Bertz CT molecular complexity index is 3400. The highest BCUT2D eigenvalue weighted by Crippen LogP contribution is 2.51. The zero-order valence-corrected chi connectivity index (χ0v) is 28.4. The Morgan fingerprint density at radius 3 is 1.57 bits per heavy atom. The first-order valence-electron chi connectivity index (χ1n) is 18.0. The van der Waals surface area contributed by atoms with Gasteiger partial charge in [-0.1, -0.05) is 146 Å². The molecule has 0 amide bonds. The molecular formula is C50H28O3. The van der Waals surface area contributed by atoms with E-state index in [0.29, 0.717) is 0 Å². The summed E-state index contributed by atoms with van der Waals surface area (Å²) in [6.45, 7) is 0. The van der Waals surface area contributed by atoms with Crippen LogP contribution in [0.3, 0.4) is 0 Å². The Morgan fingerprint density at radius 2 is 0.830 bits per heavy atom. The lowest BCUT2D eigenvalue weighted by molar-refractivity contribution is 0.617. The second-order valence-electron chi connectivity index (χ2n) is 13.9. The summed E-state index contributed by atoms with van der Waals surface area (Å²) in [6, 6.07) is 57.8. The molecule has 0 spiro atoms. The minimum absolute atomic E-state index is 0.834. The van der Waals surface area contributed by atoms with Gasteiger partial charge in [0.2, 0.25) is 0 Å². The van der Waals surface area contributed by atoms with Crippen LogP contribution in [0.15, 0.2) is 183 Å². The summed E-state index contributed by atoms with van der Waals surface area (Å²) in [4.78, 5) is 0. The van der Waals surface area contributed by atoms with Crippen LogP contribution in [0.1, 0.15) is 0 Å². The van der Waals surface area contributed by atoms with E-state index in [2.05, 4.69) is 146 Å². The van der Waals surface area contributed by atoms with Crippen LogP contribution >= 0.6 is 0 Å². The third kappa shape index (κ3) is 3.94. The van der Waals surface area contributed by atoms with Gasteiger partial charge < -0.3 is 13.3 Å². The molecule has 3 heteroatoms. The lowest BCUT2D eigenvalue weighted by Gasteiger charge is -2.18. The maximum Gasteiger partial charge on any atom is 0.143 e. The van der Waals surface area contributed by atoms with Gasteiger partial charge in [0.15, 0.2) is 0 Å². The molecule has 12 rings (SSSR count). The smallest absolute Gasteiger partial charge is 0.143 e. The van der Waals surface area contributed by atoms with Crippen LogP contribution in [0.25, 0.3) is 121 Å². The first-order valence-corrected chi connectivity index (χ1v) is 18.0.